The molecule has 0 spiro atoms. The second kappa shape index (κ2) is 9.99. The maximum absolute atomic E-state index is 12.9. The number of para-hydroxylation sites is 1. The smallest absolute Gasteiger partial charge is 0.263 e. The van der Waals surface area contributed by atoms with Crippen molar-refractivity contribution < 1.29 is 9.53 Å². The Bertz CT molecular complexity index is 971. The molecule has 0 unspecified atom stereocenters. The Morgan fingerprint density at radius 1 is 0.806 bits per heavy atom. The molecule has 2 atom stereocenters. The van der Waals surface area contributed by atoms with Crippen molar-refractivity contribution in [3.63, 3.8) is 0 Å². The van der Waals surface area contributed by atoms with E-state index in [1.807, 2.05) is 60.4 Å². The van der Waals surface area contributed by atoms with Gasteiger partial charge in [0, 0.05) is 31.2 Å². The first-order chi connectivity index (χ1) is 15.1. The minimum atomic E-state index is -0.505. The van der Waals surface area contributed by atoms with Gasteiger partial charge < -0.3 is 9.64 Å². The first kappa shape index (κ1) is 21.4. The quantitative estimate of drug-likeness (QED) is 0.544. The number of amides is 1. The van der Waals surface area contributed by atoms with Crippen LogP contribution in [-0.4, -0.2) is 48.0 Å². The summed E-state index contributed by atoms with van der Waals surface area (Å²) in [4.78, 5) is 17.3. The third-order valence-corrected chi connectivity index (χ3v) is 5.95. The van der Waals surface area contributed by atoms with Crippen molar-refractivity contribution in [2.45, 2.75) is 19.1 Å². The summed E-state index contributed by atoms with van der Waals surface area (Å²) in [6, 6.07) is 28.2. The van der Waals surface area contributed by atoms with Crippen molar-refractivity contribution in [2.75, 3.05) is 26.2 Å². The summed E-state index contributed by atoms with van der Waals surface area (Å²) < 4.78 is 5.84. The monoisotopic (exact) mass is 434 g/mol. The average Bonchev–Trinajstić information content (AvgIpc) is 2.82. The van der Waals surface area contributed by atoms with Crippen molar-refractivity contribution in [1.82, 2.24) is 9.80 Å². The highest BCUT2D eigenvalue weighted by Gasteiger charge is 2.30. The Hall–Kier alpha value is -2.82. The molecule has 1 aliphatic heterocycles. The third kappa shape index (κ3) is 5.27. The van der Waals surface area contributed by atoms with Crippen molar-refractivity contribution in [1.29, 1.82) is 0 Å². The molecule has 4 rings (SSSR count). The maximum Gasteiger partial charge on any atom is 0.263 e. The molecule has 5 heteroatoms. The minimum Gasteiger partial charge on any atom is -0.481 e. The Balaban J connectivity index is 1.44. The van der Waals surface area contributed by atoms with E-state index in [0.717, 1.165) is 18.1 Å². The molecule has 1 aliphatic rings. The summed E-state index contributed by atoms with van der Waals surface area (Å²) in [5, 5.41) is 0.735. The van der Waals surface area contributed by atoms with E-state index < -0.39 is 6.10 Å². The van der Waals surface area contributed by atoms with Gasteiger partial charge in [0.1, 0.15) is 5.75 Å². The lowest BCUT2D eigenvalue weighted by Crippen LogP contribution is -2.52. The SMILES string of the molecule is C[C@H](Oc1ccccc1)C(=O)N1CCN([C@H](c2ccccc2)c2ccc(Cl)cc2)CC1. The van der Waals surface area contributed by atoms with Crippen LogP contribution >= 0.6 is 11.6 Å². The molecule has 3 aromatic carbocycles. The zero-order valence-electron chi connectivity index (χ0n) is 17.7. The fourth-order valence-electron chi connectivity index (χ4n) is 4.11. The van der Waals surface area contributed by atoms with Crippen LogP contribution in [0, 0.1) is 0 Å². The predicted molar refractivity (Wildman–Crippen MR) is 124 cm³/mol. The lowest BCUT2D eigenvalue weighted by Gasteiger charge is -2.40. The maximum atomic E-state index is 12.9. The number of carbonyl (C=O) groups is 1. The highest BCUT2D eigenvalue weighted by atomic mass is 35.5. The van der Waals surface area contributed by atoms with E-state index in [1.165, 1.54) is 11.1 Å². The van der Waals surface area contributed by atoms with Crippen LogP contribution in [-0.2, 0) is 4.79 Å². The van der Waals surface area contributed by atoms with Gasteiger partial charge >= 0.3 is 0 Å². The van der Waals surface area contributed by atoms with Gasteiger partial charge in [-0.05, 0) is 42.3 Å². The summed E-state index contributed by atoms with van der Waals surface area (Å²) in [5.41, 5.74) is 2.45. The standard InChI is InChI=1S/C26H27ClN2O2/c1-20(31-24-10-6-3-7-11-24)26(30)29-18-16-28(17-19-29)25(21-8-4-2-5-9-21)22-12-14-23(27)15-13-22/h2-15,20,25H,16-19H2,1H3/t20-,25+/m0/s1. The second-order valence-corrected chi connectivity index (χ2v) is 8.24. The summed E-state index contributed by atoms with van der Waals surface area (Å²) in [6.07, 6.45) is -0.505. The van der Waals surface area contributed by atoms with E-state index >= 15 is 0 Å². The normalized spacial score (nSPS) is 16.5. The molecule has 0 bridgehead atoms. The van der Waals surface area contributed by atoms with Crippen LogP contribution in [0.25, 0.3) is 0 Å². The predicted octanol–water partition coefficient (Wildman–Crippen LogP) is 5.04. The number of halogens is 1. The molecule has 1 fully saturated rings. The molecule has 3 aromatic rings. The zero-order chi connectivity index (χ0) is 21.6. The number of carbonyl (C=O) groups excluding carboxylic acids is 1. The first-order valence-corrected chi connectivity index (χ1v) is 11.0. The van der Waals surface area contributed by atoms with Crippen LogP contribution in [0.3, 0.4) is 0 Å². The summed E-state index contributed by atoms with van der Waals surface area (Å²) in [7, 11) is 0. The van der Waals surface area contributed by atoms with E-state index in [9.17, 15) is 4.79 Å². The van der Waals surface area contributed by atoms with E-state index in [2.05, 4.69) is 41.3 Å². The fraction of sp³-hybridized carbons (Fsp3) is 0.269. The summed E-state index contributed by atoms with van der Waals surface area (Å²) in [6.45, 7) is 4.77. The third-order valence-electron chi connectivity index (χ3n) is 5.70. The highest BCUT2D eigenvalue weighted by Crippen LogP contribution is 2.30. The van der Waals surface area contributed by atoms with E-state index in [4.69, 9.17) is 16.3 Å². The topological polar surface area (TPSA) is 32.8 Å². The van der Waals surface area contributed by atoms with Gasteiger partial charge in [0.15, 0.2) is 6.10 Å². The average molecular weight is 435 g/mol. The molecule has 1 amide bonds. The second-order valence-electron chi connectivity index (χ2n) is 7.80. The Morgan fingerprint density at radius 3 is 1.97 bits per heavy atom. The minimum absolute atomic E-state index is 0.0336. The molecular formula is C26H27ClN2O2. The van der Waals surface area contributed by atoms with Gasteiger partial charge in [-0.25, -0.2) is 0 Å². The molecule has 0 N–H and O–H groups in total. The number of nitrogens with zero attached hydrogens (tertiary/aromatic N) is 2. The molecule has 0 saturated carbocycles. The number of ether oxygens (including phenoxy) is 1. The van der Waals surface area contributed by atoms with Crippen LogP contribution in [0.4, 0.5) is 0 Å². The van der Waals surface area contributed by atoms with Gasteiger partial charge in [0.25, 0.3) is 5.91 Å². The van der Waals surface area contributed by atoms with E-state index in [1.54, 1.807) is 0 Å². The number of hydrogen-bond donors (Lipinski definition) is 0. The van der Waals surface area contributed by atoms with Gasteiger partial charge in [-0.3, -0.25) is 9.69 Å². The largest absolute Gasteiger partial charge is 0.481 e. The van der Waals surface area contributed by atoms with Gasteiger partial charge in [0.05, 0.1) is 6.04 Å². The molecule has 0 aliphatic carbocycles. The summed E-state index contributed by atoms with van der Waals surface area (Å²) >= 11 is 6.12. The zero-order valence-corrected chi connectivity index (χ0v) is 18.4. The number of rotatable bonds is 6. The molecule has 0 aromatic heterocycles. The van der Waals surface area contributed by atoms with Gasteiger partial charge in [-0.1, -0.05) is 72.3 Å². The highest BCUT2D eigenvalue weighted by molar-refractivity contribution is 6.30. The number of piperazine rings is 1. The van der Waals surface area contributed by atoms with Crippen LogP contribution in [0.15, 0.2) is 84.9 Å². The molecule has 1 heterocycles. The van der Waals surface area contributed by atoms with Crippen molar-refractivity contribution in [3.05, 3.63) is 101 Å². The van der Waals surface area contributed by atoms with Crippen molar-refractivity contribution in [2.24, 2.45) is 0 Å². The van der Waals surface area contributed by atoms with Gasteiger partial charge in [-0.2, -0.15) is 0 Å². The van der Waals surface area contributed by atoms with E-state index in [0.29, 0.717) is 18.8 Å². The fourth-order valence-corrected chi connectivity index (χ4v) is 4.23. The molecular weight excluding hydrogens is 408 g/mol. The Labute approximate surface area is 189 Å². The van der Waals surface area contributed by atoms with Crippen LogP contribution < -0.4 is 4.74 Å². The lowest BCUT2D eigenvalue weighted by atomic mass is 9.96. The number of hydrogen-bond acceptors (Lipinski definition) is 3. The Morgan fingerprint density at radius 2 is 1.35 bits per heavy atom. The Kier molecular flexibility index (Phi) is 6.90. The molecule has 31 heavy (non-hydrogen) atoms. The van der Waals surface area contributed by atoms with Crippen LogP contribution in [0.1, 0.15) is 24.1 Å². The van der Waals surface area contributed by atoms with Crippen molar-refractivity contribution >= 4 is 17.5 Å². The van der Waals surface area contributed by atoms with Gasteiger partial charge in [0.2, 0.25) is 0 Å². The van der Waals surface area contributed by atoms with Crippen LogP contribution in [0.2, 0.25) is 5.02 Å². The van der Waals surface area contributed by atoms with Crippen molar-refractivity contribution in [3.8, 4) is 5.75 Å². The number of benzene rings is 3. The van der Waals surface area contributed by atoms with E-state index in [-0.39, 0.29) is 11.9 Å². The molecule has 160 valence electrons. The lowest BCUT2D eigenvalue weighted by molar-refractivity contribution is -0.140. The first-order valence-electron chi connectivity index (χ1n) is 10.7. The van der Waals surface area contributed by atoms with Crippen LogP contribution in [0.5, 0.6) is 5.75 Å². The summed E-state index contributed by atoms with van der Waals surface area (Å²) in [5.74, 6) is 0.750. The molecule has 0 radical (unpaired) electrons. The molecule has 4 nitrogen and oxygen atoms in total. The molecule has 1 saturated heterocycles. The van der Waals surface area contributed by atoms with Gasteiger partial charge in [-0.15, -0.1) is 0 Å².